The first kappa shape index (κ1) is 14.5. The number of anilines is 1. The Balaban J connectivity index is 1.97. The molecule has 0 unspecified atom stereocenters. The molecule has 0 aliphatic carbocycles. The summed E-state index contributed by atoms with van der Waals surface area (Å²) in [5, 5.41) is 3.45. The fourth-order valence-electron chi connectivity index (χ4n) is 2.50. The quantitative estimate of drug-likeness (QED) is 0.695. The van der Waals surface area contributed by atoms with E-state index in [0.29, 0.717) is 10.8 Å². The van der Waals surface area contributed by atoms with E-state index in [4.69, 9.17) is 12.2 Å². The zero-order chi connectivity index (χ0) is 15.5. The number of carbonyl (C=O) groups excluding carboxylic acids is 1. The standard InChI is InChI=1S/C18H16N2OS/c1-2-14-10-6-7-11-16(14)20-17(21)15(19-18(20)22)12-13-8-4-3-5-9-13/h3-12H,2H2,1H3,(H,19,22). The Bertz CT molecular complexity index is 753. The summed E-state index contributed by atoms with van der Waals surface area (Å²) in [5.74, 6) is -0.116. The van der Waals surface area contributed by atoms with Crippen LogP contribution in [0.2, 0.25) is 0 Å². The summed E-state index contributed by atoms with van der Waals surface area (Å²) in [4.78, 5) is 14.3. The van der Waals surface area contributed by atoms with Crippen LogP contribution in [0.1, 0.15) is 18.1 Å². The Labute approximate surface area is 135 Å². The van der Waals surface area contributed by atoms with Gasteiger partial charge in [-0.15, -0.1) is 0 Å². The van der Waals surface area contributed by atoms with Crippen molar-refractivity contribution < 1.29 is 4.79 Å². The lowest BCUT2D eigenvalue weighted by Gasteiger charge is -2.17. The van der Waals surface area contributed by atoms with E-state index in [1.54, 1.807) is 4.90 Å². The molecule has 1 aliphatic heterocycles. The van der Waals surface area contributed by atoms with Gasteiger partial charge in [0.1, 0.15) is 5.70 Å². The van der Waals surface area contributed by atoms with E-state index in [1.165, 1.54) is 0 Å². The Morgan fingerprint density at radius 2 is 1.77 bits per heavy atom. The second-order valence-corrected chi connectivity index (χ2v) is 5.41. The van der Waals surface area contributed by atoms with Crippen LogP contribution in [-0.4, -0.2) is 11.0 Å². The number of hydrogen-bond donors (Lipinski definition) is 1. The molecule has 0 aromatic heterocycles. The molecule has 3 nitrogen and oxygen atoms in total. The largest absolute Gasteiger partial charge is 0.327 e. The van der Waals surface area contributed by atoms with Gasteiger partial charge in [0.15, 0.2) is 5.11 Å². The van der Waals surface area contributed by atoms with Crippen LogP contribution < -0.4 is 10.2 Å². The molecule has 1 N–H and O–H groups in total. The number of rotatable bonds is 3. The average Bonchev–Trinajstić information content (AvgIpc) is 2.82. The van der Waals surface area contributed by atoms with Crippen LogP contribution in [0.25, 0.3) is 6.08 Å². The number of benzene rings is 2. The molecule has 1 fully saturated rings. The molecule has 2 aromatic rings. The first-order valence-electron chi connectivity index (χ1n) is 7.21. The van der Waals surface area contributed by atoms with Crippen LogP contribution in [0.3, 0.4) is 0 Å². The molecule has 4 heteroatoms. The molecule has 0 atom stereocenters. The maximum atomic E-state index is 12.7. The summed E-state index contributed by atoms with van der Waals surface area (Å²) in [6.07, 6.45) is 2.67. The molecule has 1 aliphatic rings. The summed E-state index contributed by atoms with van der Waals surface area (Å²) >= 11 is 5.35. The molecular weight excluding hydrogens is 292 g/mol. The van der Waals surface area contributed by atoms with Crippen LogP contribution in [0.5, 0.6) is 0 Å². The highest BCUT2D eigenvalue weighted by Crippen LogP contribution is 2.26. The Kier molecular flexibility index (Phi) is 4.02. The van der Waals surface area contributed by atoms with Gasteiger partial charge >= 0.3 is 0 Å². The van der Waals surface area contributed by atoms with Crippen molar-refractivity contribution in [1.82, 2.24) is 5.32 Å². The van der Waals surface area contributed by atoms with E-state index in [9.17, 15) is 4.79 Å². The monoisotopic (exact) mass is 308 g/mol. The van der Waals surface area contributed by atoms with Gasteiger partial charge in [0.05, 0.1) is 5.69 Å². The number of thiocarbonyl (C=S) groups is 1. The van der Waals surface area contributed by atoms with Crippen molar-refractivity contribution in [3.05, 3.63) is 71.4 Å². The summed E-state index contributed by atoms with van der Waals surface area (Å²) < 4.78 is 0. The van der Waals surface area contributed by atoms with Gasteiger partial charge in [-0.3, -0.25) is 9.69 Å². The van der Waals surface area contributed by atoms with E-state index < -0.39 is 0 Å². The van der Waals surface area contributed by atoms with E-state index in [1.807, 2.05) is 60.7 Å². The molecule has 0 saturated carbocycles. The number of carbonyl (C=O) groups is 1. The number of para-hydroxylation sites is 1. The highest BCUT2D eigenvalue weighted by atomic mass is 32.1. The van der Waals surface area contributed by atoms with Crippen LogP contribution in [0.4, 0.5) is 5.69 Å². The number of hydrogen-bond acceptors (Lipinski definition) is 2. The zero-order valence-corrected chi connectivity index (χ0v) is 13.1. The normalized spacial score (nSPS) is 16.2. The molecule has 0 radical (unpaired) electrons. The van der Waals surface area contributed by atoms with Crippen molar-refractivity contribution in [1.29, 1.82) is 0 Å². The number of nitrogens with one attached hydrogen (secondary N) is 1. The maximum Gasteiger partial charge on any atom is 0.281 e. The van der Waals surface area contributed by atoms with Crippen molar-refractivity contribution in [2.45, 2.75) is 13.3 Å². The highest BCUT2D eigenvalue weighted by molar-refractivity contribution is 7.80. The van der Waals surface area contributed by atoms with E-state index >= 15 is 0 Å². The lowest BCUT2D eigenvalue weighted by Crippen LogP contribution is -2.31. The van der Waals surface area contributed by atoms with E-state index in [0.717, 1.165) is 23.2 Å². The predicted octanol–water partition coefficient (Wildman–Crippen LogP) is 3.51. The molecule has 1 saturated heterocycles. The van der Waals surface area contributed by atoms with Crippen molar-refractivity contribution in [3.63, 3.8) is 0 Å². The maximum absolute atomic E-state index is 12.7. The zero-order valence-electron chi connectivity index (χ0n) is 12.2. The van der Waals surface area contributed by atoms with Gasteiger partial charge in [-0.2, -0.15) is 0 Å². The molecule has 1 heterocycles. The molecule has 1 amide bonds. The second kappa shape index (κ2) is 6.12. The molecule has 2 aromatic carbocycles. The Morgan fingerprint density at radius 1 is 1.09 bits per heavy atom. The van der Waals surface area contributed by atoms with Crippen LogP contribution in [0.15, 0.2) is 60.3 Å². The van der Waals surface area contributed by atoms with Crippen LogP contribution >= 0.6 is 12.2 Å². The third kappa shape index (κ3) is 2.65. The van der Waals surface area contributed by atoms with Gasteiger partial charge < -0.3 is 5.32 Å². The summed E-state index contributed by atoms with van der Waals surface area (Å²) in [6, 6.07) is 17.6. The third-order valence-electron chi connectivity index (χ3n) is 3.60. The predicted molar refractivity (Wildman–Crippen MR) is 93.5 cm³/mol. The van der Waals surface area contributed by atoms with Gasteiger partial charge in [0, 0.05) is 0 Å². The Morgan fingerprint density at radius 3 is 2.50 bits per heavy atom. The van der Waals surface area contributed by atoms with E-state index in [-0.39, 0.29) is 5.91 Å². The van der Waals surface area contributed by atoms with Gasteiger partial charge in [0.25, 0.3) is 5.91 Å². The molecular formula is C18H16N2OS. The minimum absolute atomic E-state index is 0.116. The second-order valence-electron chi connectivity index (χ2n) is 5.02. The Hall–Kier alpha value is -2.46. The summed E-state index contributed by atoms with van der Waals surface area (Å²) in [6.45, 7) is 2.07. The van der Waals surface area contributed by atoms with Crippen molar-refractivity contribution in [2.75, 3.05) is 4.90 Å². The smallest absolute Gasteiger partial charge is 0.281 e. The SMILES string of the molecule is CCc1ccccc1N1C(=O)C(=Cc2ccccc2)NC1=S. The molecule has 3 rings (SSSR count). The first-order chi connectivity index (χ1) is 10.7. The third-order valence-corrected chi connectivity index (χ3v) is 3.89. The highest BCUT2D eigenvalue weighted by Gasteiger charge is 2.32. The minimum atomic E-state index is -0.116. The fourth-order valence-corrected chi connectivity index (χ4v) is 2.79. The van der Waals surface area contributed by atoms with Crippen molar-refractivity contribution in [2.24, 2.45) is 0 Å². The first-order valence-corrected chi connectivity index (χ1v) is 7.61. The number of aryl methyl sites for hydroxylation is 1. The van der Waals surface area contributed by atoms with E-state index in [2.05, 4.69) is 12.2 Å². The number of nitrogens with zero attached hydrogens (tertiary/aromatic N) is 1. The van der Waals surface area contributed by atoms with Gasteiger partial charge in [-0.1, -0.05) is 55.5 Å². The number of amides is 1. The minimum Gasteiger partial charge on any atom is -0.327 e. The van der Waals surface area contributed by atoms with Gasteiger partial charge in [-0.05, 0) is 41.9 Å². The lowest BCUT2D eigenvalue weighted by molar-refractivity contribution is -0.113. The molecule has 22 heavy (non-hydrogen) atoms. The molecule has 110 valence electrons. The van der Waals surface area contributed by atoms with Crippen LogP contribution in [-0.2, 0) is 11.2 Å². The summed E-state index contributed by atoms with van der Waals surface area (Å²) in [5.41, 5.74) is 3.42. The van der Waals surface area contributed by atoms with Gasteiger partial charge in [0.2, 0.25) is 0 Å². The van der Waals surface area contributed by atoms with Crippen LogP contribution in [0, 0.1) is 0 Å². The van der Waals surface area contributed by atoms with Crippen molar-refractivity contribution in [3.8, 4) is 0 Å². The van der Waals surface area contributed by atoms with Gasteiger partial charge in [-0.25, -0.2) is 0 Å². The fraction of sp³-hybridized carbons (Fsp3) is 0.111. The molecule has 0 spiro atoms. The molecule has 0 bridgehead atoms. The average molecular weight is 308 g/mol. The lowest BCUT2D eigenvalue weighted by atomic mass is 10.1. The summed E-state index contributed by atoms with van der Waals surface area (Å²) in [7, 11) is 0. The van der Waals surface area contributed by atoms with Crippen molar-refractivity contribution >= 4 is 35.0 Å². The topological polar surface area (TPSA) is 32.3 Å².